The lowest BCUT2D eigenvalue weighted by Gasteiger charge is -2.11. The van der Waals surface area contributed by atoms with Gasteiger partial charge in [-0.2, -0.15) is 0 Å². The normalized spacial score (nSPS) is 11.9. The molecule has 0 aliphatic carbocycles. The number of nitrogens with zero attached hydrogens (tertiary/aromatic N) is 1. The van der Waals surface area contributed by atoms with Crippen LogP contribution in [-0.2, 0) is 19.2 Å². The van der Waals surface area contributed by atoms with Crippen LogP contribution in [0.3, 0.4) is 0 Å². The summed E-state index contributed by atoms with van der Waals surface area (Å²) in [5, 5.41) is 7.36. The minimum Gasteiger partial charge on any atom is -0.497 e. The van der Waals surface area contributed by atoms with Crippen molar-refractivity contribution >= 4 is 29.1 Å². The maximum Gasteiger partial charge on any atom is 0.347 e. The zero-order valence-corrected chi connectivity index (χ0v) is 16.7. The van der Waals surface area contributed by atoms with E-state index >= 15 is 0 Å². The van der Waals surface area contributed by atoms with E-state index in [0.717, 1.165) is 22.3 Å². The summed E-state index contributed by atoms with van der Waals surface area (Å²) in [5.74, 6) is 0.197. The van der Waals surface area contributed by atoms with Gasteiger partial charge in [0.15, 0.2) is 6.61 Å². The van der Waals surface area contributed by atoms with Crippen molar-refractivity contribution in [1.29, 1.82) is 0 Å². The molecule has 0 fully saturated rings. The van der Waals surface area contributed by atoms with Crippen molar-refractivity contribution < 1.29 is 28.3 Å². The van der Waals surface area contributed by atoms with E-state index in [1.165, 1.54) is 6.21 Å². The van der Waals surface area contributed by atoms with E-state index in [1.54, 1.807) is 38.3 Å². The van der Waals surface area contributed by atoms with Gasteiger partial charge in [-0.3, -0.25) is 4.79 Å². The molecule has 3 rings (SSSR count). The number of carbonyl (C=O) groups is 2. The second-order valence-electron chi connectivity index (χ2n) is 6.42. The molecular weight excluding hydrogens is 388 g/mol. The molecule has 30 heavy (non-hydrogen) atoms. The number of hydrogen-bond acceptors (Lipinski definition) is 7. The molecule has 1 aromatic heterocycles. The number of esters is 1. The number of carbonyl (C=O) groups excluding carboxylic acids is 2. The first-order chi connectivity index (χ1) is 14.5. The molecule has 2 aromatic carbocycles. The Morgan fingerprint density at radius 1 is 1.13 bits per heavy atom. The summed E-state index contributed by atoms with van der Waals surface area (Å²) in [4.78, 5) is 28.6. The van der Waals surface area contributed by atoms with Crippen LogP contribution < -0.4 is 10.1 Å². The molecule has 8 heteroatoms. The molecule has 0 saturated heterocycles. The molecule has 0 unspecified atom stereocenters. The minimum atomic E-state index is -0.701. The Kier molecular flexibility index (Phi) is 7.05. The summed E-state index contributed by atoms with van der Waals surface area (Å²) in [6.07, 6.45) is 1.45. The highest BCUT2D eigenvalue weighted by Crippen LogP contribution is 2.23. The Hall–Kier alpha value is -3.81. The molecule has 1 atom stereocenters. The van der Waals surface area contributed by atoms with Crippen LogP contribution in [0.25, 0.3) is 11.0 Å². The van der Waals surface area contributed by atoms with Crippen molar-refractivity contribution in [3.8, 4) is 5.75 Å². The number of oxime groups is 1. The number of ether oxygens (including phenoxy) is 2. The van der Waals surface area contributed by atoms with E-state index in [0.29, 0.717) is 5.76 Å². The predicted molar refractivity (Wildman–Crippen MR) is 110 cm³/mol. The fourth-order valence-corrected chi connectivity index (χ4v) is 2.64. The van der Waals surface area contributed by atoms with Crippen LogP contribution in [0.15, 0.2) is 64.2 Å². The summed E-state index contributed by atoms with van der Waals surface area (Å²) in [6, 6.07) is 16.2. The number of fused-ring (bicyclic) bond motifs is 1. The van der Waals surface area contributed by atoms with Gasteiger partial charge in [-0.1, -0.05) is 23.4 Å². The van der Waals surface area contributed by atoms with Crippen LogP contribution in [0.1, 0.15) is 24.3 Å². The molecule has 156 valence electrons. The fraction of sp³-hybridized carbons (Fsp3) is 0.227. The van der Waals surface area contributed by atoms with Crippen molar-refractivity contribution in [1.82, 2.24) is 5.32 Å². The number of methoxy groups -OCH3 is 1. The maximum atomic E-state index is 12.0. The van der Waals surface area contributed by atoms with Crippen molar-refractivity contribution in [2.75, 3.05) is 20.3 Å². The number of benzene rings is 2. The van der Waals surface area contributed by atoms with Crippen molar-refractivity contribution in [3.05, 3.63) is 65.9 Å². The first-order valence-electron chi connectivity index (χ1n) is 9.28. The summed E-state index contributed by atoms with van der Waals surface area (Å²) < 4.78 is 15.7. The molecule has 1 amide bonds. The highest BCUT2D eigenvalue weighted by Gasteiger charge is 2.15. The van der Waals surface area contributed by atoms with Gasteiger partial charge in [0.25, 0.3) is 5.91 Å². The van der Waals surface area contributed by atoms with Crippen LogP contribution in [0.2, 0.25) is 0 Å². The van der Waals surface area contributed by atoms with Crippen LogP contribution in [0.5, 0.6) is 5.75 Å². The van der Waals surface area contributed by atoms with Crippen LogP contribution in [0, 0.1) is 0 Å². The highest BCUT2D eigenvalue weighted by molar-refractivity contribution is 5.82. The van der Waals surface area contributed by atoms with E-state index in [2.05, 4.69) is 10.5 Å². The van der Waals surface area contributed by atoms with Crippen molar-refractivity contribution in [2.24, 2.45) is 5.16 Å². The Balaban J connectivity index is 1.37. The number of para-hydroxylation sites is 1. The fourth-order valence-electron chi connectivity index (χ4n) is 2.64. The molecule has 0 saturated carbocycles. The number of rotatable bonds is 9. The minimum absolute atomic E-state index is 0.367. The number of nitrogens with one attached hydrogen (secondary N) is 1. The van der Waals surface area contributed by atoms with Crippen LogP contribution >= 0.6 is 0 Å². The molecule has 3 aromatic rings. The number of amides is 1. The molecule has 0 spiro atoms. The Labute approximate surface area is 173 Å². The van der Waals surface area contributed by atoms with Gasteiger partial charge in [0.1, 0.15) is 17.1 Å². The van der Waals surface area contributed by atoms with E-state index in [9.17, 15) is 9.59 Å². The molecule has 0 radical (unpaired) electrons. The average Bonchev–Trinajstić information content (AvgIpc) is 3.20. The third-order valence-corrected chi connectivity index (χ3v) is 4.19. The third kappa shape index (κ3) is 5.84. The molecular formula is C22H22N2O6. The second kappa shape index (κ2) is 10.1. The van der Waals surface area contributed by atoms with Gasteiger partial charge in [0, 0.05) is 5.39 Å². The molecule has 1 N–H and O–H groups in total. The van der Waals surface area contributed by atoms with Crippen molar-refractivity contribution in [2.45, 2.75) is 13.0 Å². The van der Waals surface area contributed by atoms with Gasteiger partial charge in [-0.15, -0.1) is 0 Å². The lowest BCUT2D eigenvalue weighted by atomic mass is 10.2. The highest BCUT2D eigenvalue weighted by atomic mass is 16.7. The van der Waals surface area contributed by atoms with Crippen molar-refractivity contribution in [3.63, 3.8) is 0 Å². The molecule has 8 nitrogen and oxygen atoms in total. The zero-order valence-electron chi connectivity index (χ0n) is 16.7. The molecule has 0 bridgehead atoms. The average molecular weight is 410 g/mol. The van der Waals surface area contributed by atoms with Gasteiger partial charge in [-0.25, -0.2) is 4.79 Å². The summed E-state index contributed by atoms with van der Waals surface area (Å²) >= 11 is 0. The first-order valence-corrected chi connectivity index (χ1v) is 9.28. The predicted octanol–water partition coefficient (Wildman–Crippen LogP) is 3.21. The number of furan rings is 1. The SMILES string of the molecule is COc1ccc(/C=N\OCC(=O)OCC(=O)N[C@H](C)c2cc3ccccc3o2)cc1. The number of hydrogen-bond donors (Lipinski definition) is 1. The monoisotopic (exact) mass is 410 g/mol. The summed E-state index contributed by atoms with van der Waals surface area (Å²) in [5.41, 5.74) is 1.52. The maximum absolute atomic E-state index is 12.0. The third-order valence-electron chi connectivity index (χ3n) is 4.19. The van der Waals surface area contributed by atoms with Gasteiger partial charge >= 0.3 is 5.97 Å². The summed E-state index contributed by atoms with van der Waals surface area (Å²) in [7, 11) is 1.58. The standard InChI is InChI=1S/C22H22N2O6/c1-15(20-11-17-5-3-4-6-19(17)30-20)24-21(25)13-28-22(26)14-29-23-12-16-7-9-18(27-2)10-8-16/h3-12,15H,13-14H2,1-2H3,(H,24,25)/b23-12-/t15-/m1/s1. The van der Waals surface area contributed by atoms with E-state index < -0.39 is 25.1 Å². The van der Waals surface area contributed by atoms with Gasteiger partial charge < -0.3 is 24.0 Å². The Morgan fingerprint density at radius 3 is 2.63 bits per heavy atom. The zero-order chi connectivity index (χ0) is 21.3. The van der Waals surface area contributed by atoms with E-state index in [4.69, 9.17) is 18.7 Å². The molecule has 0 aliphatic rings. The van der Waals surface area contributed by atoms with Crippen LogP contribution in [-0.4, -0.2) is 38.4 Å². The molecule has 0 aliphatic heterocycles. The summed E-state index contributed by atoms with van der Waals surface area (Å²) in [6.45, 7) is 0.961. The Morgan fingerprint density at radius 2 is 1.90 bits per heavy atom. The van der Waals surface area contributed by atoms with E-state index in [-0.39, 0.29) is 6.04 Å². The lowest BCUT2D eigenvalue weighted by molar-refractivity contribution is -0.153. The largest absolute Gasteiger partial charge is 0.497 e. The smallest absolute Gasteiger partial charge is 0.347 e. The second-order valence-corrected chi connectivity index (χ2v) is 6.42. The topological polar surface area (TPSA) is 99.4 Å². The Bertz CT molecular complexity index is 993. The van der Waals surface area contributed by atoms with Crippen LogP contribution in [0.4, 0.5) is 0 Å². The molecule has 1 heterocycles. The van der Waals surface area contributed by atoms with Gasteiger partial charge in [0.2, 0.25) is 6.61 Å². The lowest BCUT2D eigenvalue weighted by Crippen LogP contribution is -2.31. The van der Waals surface area contributed by atoms with Gasteiger partial charge in [-0.05, 0) is 48.9 Å². The first kappa shape index (κ1) is 20.9. The van der Waals surface area contributed by atoms with Gasteiger partial charge in [0.05, 0.1) is 19.4 Å². The van der Waals surface area contributed by atoms with E-state index in [1.807, 2.05) is 30.3 Å². The quantitative estimate of drug-likeness (QED) is 0.330.